The largest absolute Gasteiger partial charge is 0.497 e. The van der Waals surface area contributed by atoms with Crippen LogP contribution in [0.15, 0.2) is 18.2 Å². The van der Waals surface area contributed by atoms with E-state index in [0.29, 0.717) is 12.1 Å². The molecule has 0 unspecified atom stereocenters. The van der Waals surface area contributed by atoms with Crippen molar-refractivity contribution in [3.05, 3.63) is 29.3 Å². The van der Waals surface area contributed by atoms with E-state index in [1.54, 1.807) is 7.11 Å². The first-order valence-corrected chi connectivity index (χ1v) is 7.74. The van der Waals surface area contributed by atoms with Crippen molar-refractivity contribution in [3.8, 4) is 5.75 Å². The zero-order chi connectivity index (χ0) is 13.7. The maximum absolute atomic E-state index is 6.26. The molecule has 0 amide bonds. The zero-order valence-corrected chi connectivity index (χ0v) is 12.4. The lowest BCUT2D eigenvalue weighted by Gasteiger charge is -2.57. The molecule has 0 N–H and O–H groups in total. The fourth-order valence-corrected chi connectivity index (χ4v) is 4.65. The Balaban J connectivity index is 1.88. The fourth-order valence-electron chi connectivity index (χ4n) is 4.65. The Morgan fingerprint density at radius 1 is 1.35 bits per heavy atom. The van der Waals surface area contributed by atoms with E-state index >= 15 is 0 Å². The smallest absolute Gasteiger partial charge is 0.119 e. The van der Waals surface area contributed by atoms with Crippen LogP contribution in [0.4, 0.5) is 0 Å². The van der Waals surface area contributed by atoms with Crippen molar-refractivity contribution in [2.24, 2.45) is 0 Å². The van der Waals surface area contributed by atoms with Crippen LogP contribution in [0, 0.1) is 0 Å². The van der Waals surface area contributed by atoms with Gasteiger partial charge in [0.15, 0.2) is 0 Å². The summed E-state index contributed by atoms with van der Waals surface area (Å²) >= 11 is 0. The van der Waals surface area contributed by atoms with Crippen LogP contribution in [0.25, 0.3) is 0 Å². The minimum Gasteiger partial charge on any atom is -0.497 e. The van der Waals surface area contributed by atoms with E-state index in [2.05, 4.69) is 30.1 Å². The Bertz CT molecular complexity index is 530. The van der Waals surface area contributed by atoms with Gasteiger partial charge in [0.05, 0.1) is 13.2 Å². The number of hydrogen-bond acceptors (Lipinski definition) is 3. The normalized spacial score (nSPS) is 36.1. The Morgan fingerprint density at radius 2 is 2.25 bits per heavy atom. The van der Waals surface area contributed by atoms with Crippen molar-refractivity contribution in [2.45, 2.75) is 43.2 Å². The van der Waals surface area contributed by atoms with Crippen molar-refractivity contribution >= 4 is 0 Å². The summed E-state index contributed by atoms with van der Waals surface area (Å²) in [6.07, 6.45) is 5.15. The molecule has 4 rings (SSSR count). The second kappa shape index (κ2) is 4.47. The standard InChI is InChI=1S/C17H23NO2/c1-18-8-7-17-6-3-9-20-16(17)15(18)10-12-4-5-13(19-2)11-14(12)17/h4-5,11,15-16H,3,6-10H2,1-2H3/t15-,16+,17+/m1/s1. The molecule has 3 heteroatoms. The first-order valence-electron chi connectivity index (χ1n) is 7.74. The molecule has 0 aromatic heterocycles. The minimum absolute atomic E-state index is 0.234. The van der Waals surface area contributed by atoms with Crippen molar-refractivity contribution in [3.63, 3.8) is 0 Å². The van der Waals surface area contributed by atoms with Gasteiger partial charge in [0.25, 0.3) is 0 Å². The Morgan fingerprint density at radius 3 is 3.10 bits per heavy atom. The third-order valence-corrected chi connectivity index (χ3v) is 5.72. The third kappa shape index (κ3) is 1.60. The number of methoxy groups -OCH3 is 1. The lowest BCUT2D eigenvalue weighted by atomic mass is 9.59. The molecule has 3 aliphatic rings. The summed E-state index contributed by atoms with van der Waals surface area (Å²) < 4.78 is 11.7. The summed E-state index contributed by atoms with van der Waals surface area (Å²) in [4.78, 5) is 2.50. The van der Waals surface area contributed by atoms with Gasteiger partial charge in [-0.25, -0.2) is 0 Å². The average Bonchev–Trinajstić information content (AvgIpc) is 2.50. The second-order valence-corrected chi connectivity index (χ2v) is 6.58. The van der Waals surface area contributed by atoms with Crippen LogP contribution in [0.2, 0.25) is 0 Å². The van der Waals surface area contributed by atoms with E-state index in [1.165, 1.54) is 36.9 Å². The maximum Gasteiger partial charge on any atom is 0.119 e. The fraction of sp³-hybridized carbons (Fsp3) is 0.647. The highest BCUT2D eigenvalue weighted by molar-refractivity contribution is 5.46. The highest BCUT2D eigenvalue weighted by atomic mass is 16.5. The quantitative estimate of drug-likeness (QED) is 0.784. The molecule has 0 radical (unpaired) electrons. The van der Waals surface area contributed by atoms with Gasteiger partial charge in [0.1, 0.15) is 5.75 Å². The van der Waals surface area contributed by atoms with Crippen LogP contribution in [-0.4, -0.2) is 44.4 Å². The predicted molar refractivity (Wildman–Crippen MR) is 78.4 cm³/mol. The van der Waals surface area contributed by atoms with Crippen LogP contribution in [0.1, 0.15) is 30.4 Å². The summed E-state index contributed by atoms with van der Waals surface area (Å²) in [5.41, 5.74) is 3.24. The van der Waals surface area contributed by atoms with Gasteiger partial charge in [0, 0.05) is 18.1 Å². The molecule has 1 aromatic carbocycles. The molecule has 2 bridgehead atoms. The number of benzene rings is 1. The highest BCUT2D eigenvalue weighted by Gasteiger charge is 2.54. The average molecular weight is 273 g/mol. The van der Waals surface area contributed by atoms with E-state index in [1.807, 2.05) is 0 Å². The summed E-state index contributed by atoms with van der Waals surface area (Å²) in [7, 11) is 4.01. The van der Waals surface area contributed by atoms with E-state index < -0.39 is 0 Å². The number of nitrogens with zero attached hydrogens (tertiary/aromatic N) is 1. The van der Waals surface area contributed by atoms with Gasteiger partial charge in [0.2, 0.25) is 0 Å². The van der Waals surface area contributed by atoms with Crippen LogP contribution in [0.5, 0.6) is 5.75 Å². The topological polar surface area (TPSA) is 21.7 Å². The Kier molecular flexibility index (Phi) is 2.83. The van der Waals surface area contributed by atoms with E-state index in [-0.39, 0.29) is 5.41 Å². The van der Waals surface area contributed by atoms with Gasteiger partial charge in [-0.1, -0.05) is 6.07 Å². The maximum atomic E-state index is 6.26. The van der Waals surface area contributed by atoms with Crippen molar-refractivity contribution in [1.82, 2.24) is 4.90 Å². The molecule has 20 heavy (non-hydrogen) atoms. The van der Waals surface area contributed by atoms with Gasteiger partial charge in [-0.3, -0.25) is 0 Å². The van der Waals surface area contributed by atoms with Gasteiger partial charge in [-0.15, -0.1) is 0 Å². The second-order valence-electron chi connectivity index (χ2n) is 6.58. The minimum atomic E-state index is 0.234. The lowest BCUT2D eigenvalue weighted by Crippen LogP contribution is -2.64. The number of rotatable bonds is 1. The molecule has 2 saturated heterocycles. The van der Waals surface area contributed by atoms with Gasteiger partial charge < -0.3 is 14.4 Å². The molecular formula is C17H23NO2. The van der Waals surface area contributed by atoms with Crippen LogP contribution in [-0.2, 0) is 16.6 Å². The van der Waals surface area contributed by atoms with E-state index in [9.17, 15) is 0 Å². The monoisotopic (exact) mass is 273 g/mol. The molecule has 3 nitrogen and oxygen atoms in total. The number of ether oxygens (including phenoxy) is 2. The molecule has 3 atom stereocenters. The molecule has 2 fully saturated rings. The predicted octanol–water partition coefficient (Wildman–Crippen LogP) is 2.37. The highest BCUT2D eigenvalue weighted by Crippen LogP contribution is 2.51. The SMILES string of the molecule is COc1ccc2c(c1)[C@@]13CCCO[C@H]1[C@@H](C2)N(C)CC3. The van der Waals surface area contributed by atoms with E-state index in [0.717, 1.165) is 18.8 Å². The first-order chi connectivity index (χ1) is 9.74. The van der Waals surface area contributed by atoms with Crippen LogP contribution < -0.4 is 4.74 Å². The van der Waals surface area contributed by atoms with Crippen LogP contribution in [0.3, 0.4) is 0 Å². The number of piperidine rings is 1. The lowest BCUT2D eigenvalue weighted by molar-refractivity contribution is -0.122. The molecule has 2 aliphatic heterocycles. The van der Waals surface area contributed by atoms with Crippen molar-refractivity contribution in [1.29, 1.82) is 0 Å². The summed E-state index contributed by atoms with van der Waals surface area (Å²) in [6, 6.07) is 7.20. The summed E-state index contributed by atoms with van der Waals surface area (Å²) in [5, 5.41) is 0. The first kappa shape index (κ1) is 12.7. The third-order valence-electron chi connectivity index (χ3n) is 5.72. The molecule has 108 valence electrons. The number of likely N-dealkylation sites (tertiary alicyclic amines) is 1. The van der Waals surface area contributed by atoms with Crippen molar-refractivity contribution in [2.75, 3.05) is 27.3 Å². The summed E-state index contributed by atoms with van der Waals surface area (Å²) in [6.45, 7) is 2.11. The zero-order valence-electron chi connectivity index (χ0n) is 12.4. The summed E-state index contributed by atoms with van der Waals surface area (Å²) in [5.74, 6) is 0.986. The molecule has 0 spiro atoms. The number of likely N-dealkylation sites (N-methyl/N-ethyl adjacent to an activating group) is 1. The molecule has 1 aliphatic carbocycles. The number of hydrogen-bond donors (Lipinski definition) is 0. The van der Waals surface area contributed by atoms with Crippen LogP contribution >= 0.6 is 0 Å². The Hall–Kier alpha value is -1.06. The van der Waals surface area contributed by atoms with Gasteiger partial charge in [-0.2, -0.15) is 0 Å². The van der Waals surface area contributed by atoms with Gasteiger partial charge in [-0.05, 0) is 62.5 Å². The molecule has 1 aromatic rings. The molecule has 2 heterocycles. The van der Waals surface area contributed by atoms with Gasteiger partial charge >= 0.3 is 0 Å². The van der Waals surface area contributed by atoms with E-state index in [4.69, 9.17) is 9.47 Å². The molecular weight excluding hydrogens is 250 g/mol. The number of fused-ring (bicyclic) bond motifs is 1. The Labute approximate surface area is 120 Å². The molecule has 0 saturated carbocycles. The van der Waals surface area contributed by atoms with Crippen molar-refractivity contribution < 1.29 is 9.47 Å².